The average molecular weight is 488 g/mol. The summed E-state index contributed by atoms with van der Waals surface area (Å²) in [7, 11) is 1.69. The lowest BCUT2D eigenvalue weighted by Gasteiger charge is -2.26. The van der Waals surface area contributed by atoms with Gasteiger partial charge in [0.2, 0.25) is 0 Å². The number of rotatable bonds is 10. The number of nitrogens with zero attached hydrogens (tertiary/aromatic N) is 2. The van der Waals surface area contributed by atoms with Crippen molar-refractivity contribution in [2.45, 2.75) is 52.0 Å². The third-order valence-electron chi connectivity index (χ3n) is 4.79. The molecule has 6 heteroatoms. The van der Waals surface area contributed by atoms with Gasteiger partial charge in [0.05, 0.1) is 13.7 Å². The molecule has 0 bridgehead atoms. The highest BCUT2D eigenvalue weighted by atomic mass is 127. The highest BCUT2D eigenvalue weighted by Gasteiger charge is 2.08. The minimum absolute atomic E-state index is 0. The highest BCUT2D eigenvalue weighted by molar-refractivity contribution is 14.0. The monoisotopic (exact) mass is 488 g/mol. The molecule has 1 aliphatic rings. The smallest absolute Gasteiger partial charge is 0.191 e. The Balaban J connectivity index is 0.00000364. The zero-order valence-electron chi connectivity index (χ0n) is 17.0. The van der Waals surface area contributed by atoms with E-state index < -0.39 is 0 Å². The molecular weight excluding hydrogens is 451 g/mol. The normalized spacial score (nSPS) is 15.1. The van der Waals surface area contributed by atoms with Crippen LogP contribution in [0.15, 0.2) is 29.3 Å². The van der Waals surface area contributed by atoms with Gasteiger partial charge in [-0.1, -0.05) is 25.0 Å². The van der Waals surface area contributed by atoms with E-state index in [2.05, 4.69) is 33.5 Å². The minimum Gasteiger partial charge on any atom is -0.497 e. The zero-order chi connectivity index (χ0) is 18.5. The third kappa shape index (κ3) is 10.2. The molecule has 0 saturated carbocycles. The van der Waals surface area contributed by atoms with E-state index in [0.29, 0.717) is 6.54 Å². The number of nitrogens with one attached hydrogen (secondary N) is 2. The van der Waals surface area contributed by atoms with E-state index in [1.54, 1.807) is 7.11 Å². The molecule has 1 heterocycles. The quantitative estimate of drug-likeness (QED) is 0.226. The van der Waals surface area contributed by atoms with E-state index in [1.165, 1.54) is 58.2 Å². The summed E-state index contributed by atoms with van der Waals surface area (Å²) in [5.41, 5.74) is 1.16. The second kappa shape index (κ2) is 15.0. The summed E-state index contributed by atoms with van der Waals surface area (Å²) < 4.78 is 5.27. The fourth-order valence-corrected chi connectivity index (χ4v) is 3.31. The predicted molar refractivity (Wildman–Crippen MR) is 125 cm³/mol. The van der Waals surface area contributed by atoms with Gasteiger partial charge in [0.25, 0.3) is 0 Å². The molecule has 1 aromatic carbocycles. The van der Waals surface area contributed by atoms with E-state index in [9.17, 15) is 0 Å². The Morgan fingerprint density at radius 3 is 2.67 bits per heavy atom. The van der Waals surface area contributed by atoms with Gasteiger partial charge in [-0.2, -0.15) is 0 Å². The number of hydrogen-bond donors (Lipinski definition) is 2. The first-order valence-electron chi connectivity index (χ1n) is 10.2. The van der Waals surface area contributed by atoms with Gasteiger partial charge < -0.3 is 20.3 Å². The summed E-state index contributed by atoms with van der Waals surface area (Å²) in [5.74, 6) is 1.77. The van der Waals surface area contributed by atoms with Crippen molar-refractivity contribution in [3.63, 3.8) is 0 Å². The van der Waals surface area contributed by atoms with Crippen molar-refractivity contribution < 1.29 is 4.74 Å². The van der Waals surface area contributed by atoms with Gasteiger partial charge in [-0.3, -0.25) is 0 Å². The first-order valence-corrected chi connectivity index (χ1v) is 10.2. The largest absolute Gasteiger partial charge is 0.497 e. The SMILES string of the molecule is CCNC(=NCc1cccc(OC)c1)NCCCCCN1CCCCC1.I. The molecule has 27 heavy (non-hydrogen) atoms. The van der Waals surface area contributed by atoms with Crippen LogP contribution in [-0.2, 0) is 6.54 Å². The molecule has 1 aliphatic heterocycles. The number of likely N-dealkylation sites (tertiary alicyclic amines) is 1. The topological polar surface area (TPSA) is 48.9 Å². The number of hydrogen-bond acceptors (Lipinski definition) is 3. The van der Waals surface area contributed by atoms with Gasteiger partial charge in [-0.25, -0.2) is 4.99 Å². The highest BCUT2D eigenvalue weighted by Crippen LogP contribution is 2.13. The zero-order valence-corrected chi connectivity index (χ0v) is 19.3. The number of benzene rings is 1. The predicted octanol–water partition coefficient (Wildman–Crippen LogP) is 4.02. The van der Waals surface area contributed by atoms with E-state index in [-0.39, 0.29) is 24.0 Å². The molecule has 1 saturated heterocycles. The molecule has 0 aromatic heterocycles. The first kappa shape index (κ1) is 24.0. The summed E-state index contributed by atoms with van der Waals surface area (Å²) in [6, 6.07) is 8.08. The van der Waals surface area contributed by atoms with E-state index in [1.807, 2.05) is 18.2 Å². The Bertz CT molecular complexity index is 533. The lowest BCUT2D eigenvalue weighted by Crippen LogP contribution is -2.37. The fourth-order valence-electron chi connectivity index (χ4n) is 3.31. The summed E-state index contributed by atoms with van der Waals surface area (Å²) in [6.07, 6.45) is 7.97. The van der Waals surface area contributed by atoms with Crippen molar-refractivity contribution in [2.24, 2.45) is 4.99 Å². The van der Waals surface area contributed by atoms with Gasteiger partial charge in [0.15, 0.2) is 5.96 Å². The van der Waals surface area contributed by atoms with Gasteiger partial charge >= 0.3 is 0 Å². The Morgan fingerprint density at radius 1 is 1.11 bits per heavy atom. The van der Waals surface area contributed by atoms with Crippen LogP contribution in [0.2, 0.25) is 0 Å². The van der Waals surface area contributed by atoms with Crippen molar-refractivity contribution in [1.82, 2.24) is 15.5 Å². The summed E-state index contributed by atoms with van der Waals surface area (Å²) >= 11 is 0. The molecule has 0 atom stereocenters. The Morgan fingerprint density at radius 2 is 1.93 bits per heavy atom. The molecule has 0 amide bonds. The third-order valence-corrected chi connectivity index (χ3v) is 4.79. The molecule has 0 spiro atoms. The van der Waals surface area contributed by atoms with Crippen molar-refractivity contribution in [3.8, 4) is 5.75 Å². The number of piperidine rings is 1. The first-order chi connectivity index (χ1) is 12.8. The molecule has 0 radical (unpaired) electrons. The lowest BCUT2D eigenvalue weighted by molar-refractivity contribution is 0.224. The van der Waals surface area contributed by atoms with Crippen LogP contribution < -0.4 is 15.4 Å². The standard InChI is InChI=1S/C21H36N4O.HI/c1-3-22-21(24-18-19-11-10-12-20(17-19)26-2)23-13-6-4-7-14-25-15-8-5-9-16-25;/h10-12,17H,3-9,13-16,18H2,1-2H3,(H2,22,23,24);1H. The van der Waals surface area contributed by atoms with E-state index in [0.717, 1.165) is 30.4 Å². The van der Waals surface area contributed by atoms with Gasteiger partial charge in [-0.05, 0) is 69.9 Å². The van der Waals surface area contributed by atoms with Crippen molar-refractivity contribution in [2.75, 3.05) is 39.8 Å². The maximum Gasteiger partial charge on any atom is 0.191 e. The summed E-state index contributed by atoms with van der Waals surface area (Å²) in [5, 5.41) is 6.78. The van der Waals surface area contributed by atoms with Crippen molar-refractivity contribution >= 4 is 29.9 Å². The lowest BCUT2D eigenvalue weighted by atomic mass is 10.1. The van der Waals surface area contributed by atoms with Crippen LogP contribution in [0.5, 0.6) is 5.75 Å². The molecule has 154 valence electrons. The van der Waals surface area contributed by atoms with Crippen LogP contribution in [0.25, 0.3) is 0 Å². The summed E-state index contributed by atoms with van der Waals surface area (Å²) in [6.45, 7) is 8.48. The van der Waals surface area contributed by atoms with Crippen LogP contribution in [0.4, 0.5) is 0 Å². The fraction of sp³-hybridized carbons (Fsp3) is 0.667. The molecule has 0 aliphatic carbocycles. The van der Waals surface area contributed by atoms with Crippen LogP contribution in [-0.4, -0.2) is 50.7 Å². The van der Waals surface area contributed by atoms with Gasteiger partial charge in [0.1, 0.15) is 5.75 Å². The Kier molecular flexibility index (Phi) is 13.3. The maximum atomic E-state index is 5.27. The maximum absolute atomic E-state index is 5.27. The second-order valence-corrected chi connectivity index (χ2v) is 6.94. The number of aliphatic imine (C=N–C) groups is 1. The molecular formula is C21H37IN4O. The van der Waals surface area contributed by atoms with Crippen molar-refractivity contribution in [3.05, 3.63) is 29.8 Å². The number of methoxy groups -OCH3 is 1. The van der Waals surface area contributed by atoms with Crippen molar-refractivity contribution in [1.29, 1.82) is 0 Å². The number of guanidine groups is 1. The molecule has 0 unspecified atom stereocenters. The van der Waals surface area contributed by atoms with E-state index in [4.69, 9.17) is 4.74 Å². The average Bonchev–Trinajstić information content (AvgIpc) is 2.69. The van der Waals surface area contributed by atoms with Crippen LogP contribution in [0.1, 0.15) is 51.0 Å². The molecule has 2 N–H and O–H groups in total. The van der Waals surface area contributed by atoms with Crippen LogP contribution in [0, 0.1) is 0 Å². The van der Waals surface area contributed by atoms with Gasteiger partial charge in [-0.15, -0.1) is 24.0 Å². The number of ether oxygens (including phenoxy) is 1. The minimum atomic E-state index is 0. The van der Waals surface area contributed by atoms with Crippen LogP contribution in [0.3, 0.4) is 0 Å². The Hall–Kier alpha value is -1.02. The Labute approximate surface area is 182 Å². The number of halogens is 1. The molecule has 2 rings (SSSR count). The molecule has 1 aromatic rings. The molecule has 1 fully saturated rings. The summed E-state index contributed by atoms with van der Waals surface area (Å²) in [4.78, 5) is 7.30. The number of unbranched alkanes of at least 4 members (excludes halogenated alkanes) is 2. The van der Waals surface area contributed by atoms with Gasteiger partial charge in [0, 0.05) is 13.1 Å². The second-order valence-electron chi connectivity index (χ2n) is 6.94. The van der Waals surface area contributed by atoms with E-state index >= 15 is 0 Å². The molecule has 5 nitrogen and oxygen atoms in total. The van der Waals surface area contributed by atoms with Crippen LogP contribution >= 0.6 is 24.0 Å².